The number of alkyl halides is 2. The van der Waals surface area contributed by atoms with E-state index in [1.807, 2.05) is 32.0 Å². The van der Waals surface area contributed by atoms with E-state index >= 15 is 0 Å². The van der Waals surface area contributed by atoms with Gasteiger partial charge in [-0.25, -0.2) is 0 Å². The maximum atomic E-state index is 12.8. The molecule has 0 bridgehead atoms. The predicted molar refractivity (Wildman–Crippen MR) is 110 cm³/mol. The first kappa shape index (κ1) is 20.7. The van der Waals surface area contributed by atoms with E-state index in [0.29, 0.717) is 39.5 Å². The number of amides is 2. The summed E-state index contributed by atoms with van der Waals surface area (Å²) in [5.74, 6) is -2.08. The van der Waals surface area contributed by atoms with Gasteiger partial charge in [0.1, 0.15) is 6.04 Å². The van der Waals surface area contributed by atoms with Gasteiger partial charge in [-0.05, 0) is 61.4 Å². The van der Waals surface area contributed by atoms with Crippen LogP contribution in [0.4, 0.5) is 14.5 Å². The molecule has 3 rings (SSSR count). The van der Waals surface area contributed by atoms with E-state index in [0.717, 1.165) is 11.1 Å². The predicted octanol–water partition coefficient (Wildman–Crippen LogP) is 4.77. The van der Waals surface area contributed by atoms with Gasteiger partial charge in [-0.3, -0.25) is 9.59 Å². The lowest BCUT2D eigenvalue weighted by Gasteiger charge is -2.23. The van der Waals surface area contributed by atoms with Crippen LogP contribution in [-0.4, -0.2) is 40.1 Å². The third-order valence-corrected chi connectivity index (χ3v) is 6.28. The molecule has 0 saturated carbocycles. The normalized spacial score (nSPS) is 16.5. The Morgan fingerprint density at radius 3 is 2.50 bits per heavy atom. The number of halogens is 2. The van der Waals surface area contributed by atoms with Crippen LogP contribution in [0.5, 0.6) is 0 Å². The molecule has 148 valence electrons. The van der Waals surface area contributed by atoms with Gasteiger partial charge in [0.2, 0.25) is 5.91 Å². The number of hydrogen-bond donors (Lipinski definition) is 1. The molecular formula is C20H20F2N2O2S2. The first-order valence-electron chi connectivity index (χ1n) is 8.67. The third-order valence-electron chi connectivity index (χ3n) is 4.55. The van der Waals surface area contributed by atoms with Crippen LogP contribution >= 0.6 is 23.5 Å². The van der Waals surface area contributed by atoms with Crippen LogP contribution in [0.3, 0.4) is 0 Å². The van der Waals surface area contributed by atoms with Crippen molar-refractivity contribution in [1.29, 1.82) is 0 Å². The van der Waals surface area contributed by atoms with Crippen molar-refractivity contribution in [3.05, 3.63) is 59.2 Å². The van der Waals surface area contributed by atoms with E-state index in [-0.39, 0.29) is 11.8 Å². The van der Waals surface area contributed by atoms with Gasteiger partial charge in [0.25, 0.3) is 11.7 Å². The topological polar surface area (TPSA) is 49.4 Å². The third kappa shape index (κ3) is 4.86. The Hall–Kier alpha value is -2.06. The van der Waals surface area contributed by atoms with Crippen LogP contribution in [0.1, 0.15) is 21.5 Å². The summed E-state index contributed by atoms with van der Waals surface area (Å²) in [4.78, 5) is 27.5. The average molecular weight is 423 g/mol. The summed E-state index contributed by atoms with van der Waals surface area (Å²) in [6.07, 6.45) is 0. The fraction of sp³-hybridized carbons (Fsp3) is 0.300. The summed E-state index contributed by atoms with van der Waals surface area (Å²) in [6.45, 7) is 3.97. The van der Waals surface area contributed by atoms with Crippen molar-refractivity contribution in [2.24, 2.45) is 0 Å². The number of rotatable bonds is 5. The fourth-order valence-electron chi connectivity index (χ4n) is 2.85. The number of anilines is 1. The summed E-state index contributed by atoms with van der Waals surface area (Å²) in [5, 5.41) is 2.89. The van der Waals surface area contributed by atoms with Gasteiger partial charge in [-0.15, -0.1) is 11.8 Å². The number of hydrogen-bond acceptors (Lipinski definition) is 4. The monoisotopic (exact) mass is 422 g/mol. The molecule has 0 aromatic heterocycles. The van der Waals surface area contributed by atoms with Crippen LogP contribution in [0.25, 0.3) is 0 Å². The quantitative estimate of drug-likeness (QED) is 0.705. The second-order valence-corrected chi connectivity index (χ2v) is 8.55. The smallest absolute Gasteiger partial charge is 0.288 e. The molecule has 4 nitrogen and oxygen atoms in total. The molecule has 1 unspecified atom stereocenters. The molecule has 1 aliphatic rings. The first-order valence-corrected chi connectivity index (χ1v) is 10.7. The fourth-order valence-corrected chi connectivity index (χ4v) is 4.50. The molecule has 1 N–H and O–H groups in total. The van der Waals surface area contributed by atoms with Crippen molar-refractivity contribution in [2.45, 2.75) is 30.5 Å². The molecule has 1 aliphatic heterocycles. The molecule has 1 atom stereocenters. The van der Waals surface area contributed by atoms with Gasteiger partial charge in [-0.1, -0.05) is 17.8 Å². The molecule has 1 heterocycles. The Kier molecular flexibility index (Phi) is 6.61. The number of carbonyl (C=O) groups excluding carboxylic acids is 2. The maximum absolute atomic E-state index is 12.8. The van der Waals surface area contributed by atoms with Crippen LogP contribution in [0.15, 0.2) is 47.4 Å². The van der Waals surface area contributed by atoms with Crippen LogP contribution < -0.4 is 5.32 Å². The summed E-state index contributed by atoms with van der Waals surface area (Å²) >= 11 is 1.94. The van der Waals surface area contributed by atoms with Crippen molar-refractivity contribution in [3.63, 3.8) is 0 Å². The highest BCUT2D eigenvalue weighted by Gasteiger charge is 2.35. The number of nitrogens with zero attached hydrogens (tertiary/aromatic N) is 1. The Labute approximate surface area is 171 Å². The molecule has 2 aromatic carbocycles. The van der Waals surface area contributed by atoms with E-state index in [9.17, 15) is 18.4 Å². The second kappa shape index (κ2) is 8.96. The van der Waals surface area contributed by atoms with Crippen LogP contribution in [-0.2, 0) is 4.79 Å². The van der Waals surface area contributed by atoms with Gasteiger partial charge >= 0.3 is 0 Å². The minimum Gasteiger partial charge on any atom is -0.324 e. The van der Waals surface area contributed by atoms with E-state index in [1.54, 1.807) is 0 Å². The minimum absolute atomic E-state index is 0.230. The Bertz CT molecular complexity index is 875. The lowest BCUT2D eigenvalue weighted by molar-refractivity contribution is -0.119. The number of benzene rings is 2. The molecule has 1 fully saturated rings. The Morgan fingerprint density at radius 1 is 1.14 bits per heavy atom. The van der Waals surface area contributed by atoms with Crippen molar-refractivity contribution in [1.82, 2.24) is 4.90 Å². The van der Waals surface area contributed by atoms with Gasteiger partial charge < -0.3 is 10.2 Å². The van der Waals surface area contributed by atoms with E-state index < -0.39 is 11.8 Å². The lowest BCUT2D eigenvalue weighted by atomic mass is 10.1. The van der Waals surface area contributed by atoms with E-state index in [2.05, 4.69) is 5.32 Å². The van der Waals surface area contributed by atoms with Crippen molar-refractivity contribution >= 4 is 41.0 Å². The molecule has 0 aliphatic carbocycles. The lowest BCUT2D eigenvalue weighted by Crippen LogP contribution is -2.44. The van der Waals surface area contributed by atoms with Crippen molar-refractivity contribution in [3.8, 4) is 0 Å². The molecular weight excluding hydrogens is 402 g/mol. The Morgan fingerprint density at radius 2 is 1.86 bits per heavy atom. The summed E-state index contributed by atoms with van der Waals surface area (Å²) in [5.41, 5.74) is 3.30. The van der Waals surface area contributed by atoms with Gasteiger partial charge in [0.05, 0.1) is 5.88 Å². The summed E-state index contributed by atoms with van der Waals surface area (Å²) < 4.78 is 24.9. The minimum atomic E-state index is -2.50. The highest BCUT2D eigenvalue weighted by atomic mass is 32.2. The zero-order valence-corrected chi connectivity index (χ0v) is 17.1. The average Bonchev–Trinajstić information content (AvgIpc) is 3.14. The molecule has 28 heavy (non-hydrogen) atoms. The maximum Gasteiger partial charge on any atom is 0.288 e. The second-order valence-electron chi connectivity index (χ2n) is 6.48. The molecule has 2 amide bonds. The van der Waals surface area contributed by atoms with Gasteiger partial charge in [0, 0.05) is 21.9 Å². The van der Waals surface area contributed by atoms with Crippen molar-refractivity contribution < 1.29 is 18.4 Å². The van der Waals surface area contributed by atoms with E-state index in [1.165, 1.54) is 40.9 Å². The highest BCUT2D eigenvalue weighted by Crippen LogP contribution is 2.28. The number of thioether (sulfide) groups is 2. The number of aryl methyl sites for hydroxylation is 2. The SMILES string of the molecule is Cc1ccc(NC(=O)C2CSCN2C(=O)c2ccc(SC(F)F)cc2)cc1C. The molecule has 0 spiro atoms. The zero-order chi connectivity index (χ0) is 20.3. The number of nitrogens with one attached hydrogen (secondary N) is 1. The molecule has 1 saturated heterocycles. The molecule has 2 aromatic rings. The molecule has 8 heteroatoms. The highest BCUT2D eigenvalue weighted by molar-refractivity contribution is 7.99. The van der Waals surface area contributed by atoms with Crippen molar-refractivity contribution in [2.75, 3.05) is 16.9 Å². The van der Waals surface area contributed by atoms with Crippen LogP contribution in [0, 0.1) is 13.8 Å². The summed E-state index contributed by atoms with van der Waals surface area (Å²) in [6, 6.07) is 11.1. The molecule has 0 radical (unpaired) electrons. The number of carbonyl (C=O) groups is 2. The zero-order valence-electron chi connectivity index (χ0n) is 15.4. The van der Waals surface area contributed by atoms with Gasteiger partial charge in [0.15, 0.2) is 0 Å². The largest absolute Gasteiger partial charge is 0.324 e. The summed E-state index contributed by atoms with van der Waals surface area (Å²) in [7, 11) is 0. The van der Waals surface area contributed by atoms with E-state index in [4.69, 9.17) is 0 Å². The van der Waals surface area contributed by atoms with Crippen LogP contribution in [0.2, 0.25) is 0 Å². The van der Waals surface area contributed by atoms with Gasteiger partial charge in [-0.2, -0.15) is 8.78 Å². The first-order chi connectivity index (χ1) is 13.3. The standard InChI is InChI=1S/C20H20F2N2O2S2/c1-12-3-6-15(9-13(12)2)23-18(25)17-10-27-11-24(17)19(26)14-4-7-16(8-5-14)28-20(21)22/h3-9,17,20H,10-11H2,1-2H3,(H,23,25). The Balaban J connectivity index is 1.70.